The van der Waals surface area contributed by atoms with Gasteiger partial charge in [0.05, 0.1) is 17.5 Å². The van der Waals surface area contributed by atoms with Crippen LogP contribution in [0.4, 0.5) is 0 Å². The minimum absolute atomic E-state index is 0.0194. The van der Waals surface area contributed by atoms with E-state index in [1.807, 2.05) is 19.0 Å². The predicted molar refractivity (Wildman–Crippen MR) is 119 cm³/mol. The molecule has 34 heavy (non-hydrogen) atoms. The number of ketones is 4. The van der Waals surface area contributed by atoms with E-state index in [0.717, 1.165) is 5.56 Å². The molecule has 1 aromatic carbocycles. The average Bonchev–Trinajstić information content (AvgIpc) is 2.72. The van der Waals surface area contributed by atoms with Crippen LogP contribution in [-0.2, 0) is 32.1 Å². The molecule has 1 aromatic rings. The first-order valence-corrected chi connectivity index (χ1v) is 11.1. The van der Waals surface area contributed by atoms with E-state index in [4.69, 9.17) is 5.73 Å². The van der Waals surface area contributed by atoms with Gasteiger partial charge >= 0.3 is 0 Å². The molecular weight excluding hydrogens is 442 g/mol. The Morgan fingerprint density at radius 2 is 1.76 bits per heavy atom. The zero-order valence-electron chi connectivity index (χ0n) is 19.6. The highest BCUT2D eigenvalue weighted by atomic mass is 16.3. The highest BCUT2D eigenvalue weighted by molar-refractivity contribution is 6.32. The van der Waals surface area contributed by atoms with Crippen molar-refractivity contribution < 1.29 is 34.2 Å². The van der Waals surface area contributed by atoms with E-state index < -0.39 is 64.4 Å². The highest BCUT2D eigenvalue weighted by Crippen LogP contribution is 2.51. The highest BCUT2D eigenvalue weighted by Gasteiger charge is 2.69. The molecule has 0 saturated heterocycles. The summed E-state index contributed by atoms with van der Waals surface area (Å²) in [5.74, 6) is -10.3. The summed E-state index contributed by atoms with van der Waals surface area (Å²) in [6.45, 7) is 0.506. The minimum Gasteiger partial charge on any atom is -0.507 e. The number of amides is 1. The van der Waals surface area contributed by atoms with Crippen molar-refractivity contribution in [1.29, 1.82) is 0 Å². The number of carbonyl (C=O) groups excluding carboxylic acids is 5. The van der Waals surface area contributed by atoms with Gasteiger partial charge in [-0.25, -0.2) is 0 Å². The number of aromatic hydroxyl groups is 1. The fraction of sp³-hybridized carbons (Fsp3) is 0.542. The number of nitrogens with two attached hydrogens (primary N) is 1. The SMILES string of the molecule is CN(C)Cc1ccc(O)c2c1C[C@H]1C[C@H]3[C@@H](N(C)C)C(=O)C(C(N)=O)C(=O)[C@@]3(O)C(=O)C1C2=O. The van der Waals surface area contributed by atoms with E-state index in [-0.39, 0.29) is 24.2 Å². The predicted octanol–water partition coefficient (Wildman–Crippen LogP) is -1.07. The Bertz CT molecular complexity index is 1130. The molecule has 0 bridgehead atoms. The third kappa shape index (κ3) is 3.24. The molecule has 182 valence electrons. The van der Waals surface area contributed by atoms with Crippen molar-refractivity contribution in [3.8, 4) is 5.75 Å². The van der Waals surface area contributed by atoms with Crippen LogP contribution in [0.25, 0.3) is 0 Å². The molecule has 2 saturated carbocycles. The molecule has 2 unspecified atom stereocenters. The molecule has 0 heterocycles. The minimum atomic E-state index is -2.70. The quantitative estimate of drug-likeness (QED) is 0.465. The Balaban J connectivity index is 1.86. The van der Waals surface area contributed by atoms with Crippen LogP contribution in [-0.4, -0.2) is 88.9 Å². The van der Waals surface area contributed by atoms with E-state index in [0.29, 0.717) is 12.1 Å². The maximum Gasteiger partial charge on any atom is 0.235 e. The summed E-state index contributed by atoms with van der Waals surface area (Å²) in [6.07, 6.45) is 0.310. The summed E-state index contributed by atoms with van der Waals surface area (Å²) in [7, 11) is 6.85. The third-order valence-electron chi connectivity index (χ3n) is 7.53. The van der Waals surface area contributed by atoms with Crippen molar-refractivity contribution in [2.24, 2.45) is 29.4 Å². The van der Waals surface area contributed by atoms with Crippen LogP contribution in [0, 0.1) is 23.7 Å². The van der Waals surface area contributed by atoms with Crippen LogP contribution in [0.3, 0.4) is 0 Å². The molecule has 0 aliphatic heterocycles. The molecule has 4 rings (SSSR count). The molecule has 2 fully saturated rings. The Morgan fingerprint density at radius 3 is 2.32 bits per heavy atom. The lowest BCUT2D eigenvalue weighted by Gasteiger charge is -2.52. The largest absolute Gasteiger partial charge is 0.507 e. The van der Waals surface area contributed by atoms with Crippen LogP contribution in [0.5, 0.6) is 5.75 Å². The summed E-state index contributed by atoms with van der Waals surface area (Å²) in [6, 6.07) is 2.03. The van der Waals surface area contributed by atoms with E-state index in [1.165, 1.54) is 11.0 Å². The smallest absolute Gasteiger partial charge is 0.235 e. The Morgan fingerprint density at radius 1 is 1.12 bits per heavy atom. The molecule has 6 atom stereocenters. The summed E-state index contributed by atoms with van der Waals surface area (Å²) < 4.78 is 0. The maximum absolute atomic E-state index is 13.7. The number of likely N-dealkylation sites (N-methyl/N-ethyl adjacent to an activating group) is 1. The summed E-state index contributed by atoms with van der Waals surface area (Å²) in [5, 5.41) is 22.0. The monoisotopic (exact) mass is 471 g/mol. The van der Waals surface area contributed by atoms with Crippen LogP contribution >= 0.6 is 0 Å². The summed E-state index contributed by atoms with van der Waals surface area (Å²) in [5.41, 5.74) is 4.08. The lowest BCUT2D eigenvalue weighted by atomic mass is 9.52. The number of benzene rings is 1. The van der Waals surface area contributed by atoms with Crippen LogP contribution < -0.4 is 5.73 Å². The molecule has 3 aliphatic carbocycles. The van der Waals surface area contributed by atoms with Crippen molar-refractivity contribution in [3.05, 3.63) is 28.8 Å². The Hall–Kier alpha value is -2.95. The Labute approximate surface area is 196 Å². The molecular formula is C24H29N3O7. The Kier molecular flexibility index (Phi) is 5.74. The van der Waals surface area contributed by atoms with Gasteiger partial charge in [0, 0.05) is 12.5 Å². The number of aliphatic hydroxyl groups is 1. The van der Waals surface area contributed by atoms with Crippen molar-refractivity contribution >= 4 is 29.0 Å². The lowest BCUT2D eigenvalue weighted by Crippen LogP contribution is -2.74. The van der Waals surface area contributed by atoms with E-state index in [1.54, 1.807) is 20.2 Å². The number of fused-ring (bicyclic) bond motifs is 3. The number of primary amides is 1. The molecule has 3 aliphatic rings. The lowest BCUT2D eigenvalue weighted by molar-refractivity contribution is -0.181. The van der Waals surface area contributed by atoms with Crippen molar-refractivity contribution in [2.75, 3.05) is 28.2 Å². The first-order chi connectivity index (χ1) is 15.8. The van der Waals surface area contributed by atoms with Gasteiger partial charge in [-0.2, -0.15) is 0 Å². The first-order valence-electron chi connectivity index (χ1n) is 11.1. The van der Waals surface area contributed by atoms with Crippen LogP contribution in [0.2, 0.25) is 0 Å². The summed E-state index contributed by atoms with van der Waals surface area (Å²) >= 11 is 0. The number of phenolic OH excluding ortho intramolecular Hbond substituents is 1. The van der Waals surface area contributed by atoms with Crippen molar-refractivity contribution in [2.45, 2.75) is 31.0 Å². The zero-order valence-corrected chi connectivity index (χ0v) is 19.6. The number of hydrogen-bond acceptors (Lipinski definition) is 9. The third-order valence-corrected chi connectivity index (χ3v) is 7.53. The second-order valence-corrected chi connectivity index (χ2v) is 10.1. The normalized spacial score (nSPS) is 33.1. The van der Waals surface area contributed by atoms with Gasteiger partial charge in [0.2, 0.25) is 5.91 Å². The fourth-order valence-electron chi connectivity index (χ4n) is 6.16. The molecule has 10 nitrogen and oxygen atoms in total. The molecule has 0 radical (unpaired) electrons. The summed E-state index contributed by atoms with van der Waals surface area (Å²) in [4.78, 5) is 68.9. The van der Waals surface area contributed by atoms with Crippen LogP contribution in [0.15, 0.2) is 12.1 Å². The topological polar surface area (TPSA) is 158 Å². The van der Waals surface area contributed by atoms with Gasteiger partial charge in [0.25, 0.3) is 0 Å². The van der Waals surface area contributed by atoms with Crippen LogP contribution in [0.1, 0.15) is 27.9 Å². The number of nitrogens with zero attached hydrogens (tertiary/aromatic N) is 2. The number of phenols is 1. The standard InChI is InChI=1S/C24H29N3O7/c1-26(2)9-10-5-6-14(28)16-12(10)7-11-8-13-18(27(3)4)20(30)17(23(25)33)22(32)24(13,34)21(31)15(11)19(16)29/h5-6,11,13,15,17-18,28,34H,7-9H2,1-4H3,(H2,25,33)/t11-,13-,15?,17?,18+,24-/m0/s1. The zero-order chi connectivity index (χ0) is 25.3. The van der Waals surface area contributed by atoms with Gasteiger partial charge < -0.3 is 20.8 Å². The van der Waals surface area contributed by atoms with Gasteiger partial charge in [-0.05, 0) is 64.1 Å². The number of carbonyl (C=O) groups is 5. The van der Waals surface area contributed by atoms with E-state index >= 15 is 0 Å². The first kappa shape index (κ1) is 24.2. The second kappa shape index (κ2) is 8.07. The number of Topliss-reactive ketones (excluding diaryl/α,β-unsaturated/α-hetero) is 4. The fourth-order valence-corrected chi connectivity index (χ4v) is 6.16. The molecule has 1 amide bonds. The number of rotatable bonds is 4. The average molecular weight is 472 g/mol. The van der Waals surface area contributed by atoms with Gasteiger partial charge in [0.15, 0.2) is 34.7 Å². The molecule has 0 aromatic heterocycles. The van der Waals surface area contributed by atoms with E-state index in [9.17, 15) is 34.2 Å². The molecule has 10 heteroatoms. The van der Waals surface area contributed by atoms with Gasteiger partial charge in [-0.3, -0.25) is 28.9 Å². The molecule has 4 N–H and O–H groups in total. The van der Waals surface area contributed by atoms with Crippen molar-refractivity contribution in [3.63, 3.8) is 0 Å². The van der Waals surface area contributed by atoms with Gasteiger partial charge in [-0.15, -0.1) is 0 Å². The number of hydrogen-bond donors (Lipinski definition) is 3. The van der Waals surface area contributed by atoms with Gasteiger partial charge in [-0.1, -0.05) is 6.07 Å². The van der Waals surface area contributed by atoms with Gasteiger partial charge in [0.1, 0.15) is 5.75 Å². The maximum atomic E-state index is 13.7. The molecule has 0 spiro atoms. The second-order valence-electron chi connectivity index (χ2n) is 10.1. The van der Waals surface area contributed by atoms with E-state index in [2.05, 4.69) is 0 Å². The van der Waals surface area contributed by atoms with Crippen molar-refractivity contribution in [1.82, 2.24) is 9.80 Å².